The summed E-state index contributed by atoms with van der Waals surface area (Å²) < 4.78 is 5.38. The highest BCUT2D eigenvalue weighted by molar-refractivity contribution is 9.09. The summed E-state index contributed by atoms with van der Waals surface area (Å²) in [4.78, 5) is 14.3. The van der Waals surface area contributed by atoms with Crippen molar-refractivity contribution in [3.8, 4) is 0 Å². The van der Waals surface area contributed by atoms with E-state index in [2.05, 4.69) is 22.9 Å². The van der Waals surface area contributed by atoms with Gasteiger partial charge in [0, 0.05) is 18.5 Å². The third-order valence-electron chi connectivity index (χ3n) is 3.03. The summed E-state index contributed by atoms with van der Waals surface area (Å²) in [6.45, 7) is 4.97. The number of carbonyl (C=O) groups is 1. The predicted octanol–water partition coefficient (Wildman–Crippen LogP) is 1.41. The van der Waals surface area contributed by atoms with Gasteiger partial charge in [-0.15, -0.1) is 0 Å². The van der Waals surface area contributed by atoms with E-state index in [0.29, 0.717) is 19.1 Å². The van der Waals surface area contributed by atoms with Crippen molar-refractivity contribution >= 4 is 21.8 Å². The first-order valence-electron chi connectivity index (χ1n) is 5.13. The van der Waals surface area contributed by atoms with E-state index in [1.165, 1.54) is 0 Å². The molecule has 1 heterocycles. The van der Waals surface area contributed by atoms with Crippen molar-refractivity contribution in [2.24, 2.45) is 5.41 Å². The van der Waals surface area contributed by atoms with Gasteiger partial charge in [-0.05, 0) is 12.8 Å². The van der Waals surface area contributed by atoms with Crippen molar-refractivity contribution in [2.75, 3.05) is 26.3 Å². The summed E-state index contributed by atoms with van der Waals surface area (Å²) in [5.41, 5.74) is -0.0446. The van der Waals surface area contributed by atoms with Gasteiger partial charge in [0.1, 0.15) is 0 Å². The van der Waals surface area contributed by atoms with E-state index in [1.807, 2.05) is 4.90 Å². The van der Waals surface area contributed by atoms with Crippen LogP contribution >= 0.6 is 15.9 Å². The second kappa shape index (κ2) is 3.81. The van der Waals surface area contributed by atoms with Crippen LogP contribution in [0.2, 0.25) is 0 Å². The molecule has 1 amide bonds. The quantitative estimate of drug-likeness (QED) is 0.669. The Morgan fingerprint density at radius 3 is 2.93 bits per heavy atom. The molecule has 1 aliphatic carbocycles. The minimum Gasteiger partial charge on any atom is -0.378 e. The van der Waals surface area contributed by atoms with Gasteiger partial charge in [-0.1, -0.05) is 22.9 Å². The molecule has 1 saturated heterocycles. The van der Waals surface area contributed by atoms with E-state index >= 15 is 0 Å². The Morgan fingerprint density at radius 1 is 1.57 bits per heavy atom. The molecule has 2 rings (SSSR count). The minimum absolute atomic E-state index is 0.0446. The first kappa shape index (κ1) is 10.4. The Kier molecular flexibility index (Phi) is 2.84. The number of alkyl halides is 1. The summed E-state index contributed by atoms with van der Waals surface area (Å²) in [6, 6.07) is 0. The second-order valence-electron chi connectivity index (χ2n) is 4.48. The Morgan fingerprint density at radius 2 is 2.29 bits per heavy atom. The van der Waals surface area contributed by atoms with Gasteiger partial charge in [-0.3, -0.25) is 4.79 Å². The van der Waals surface area contributed by atoms with Crippen molar-refractivity contribution in [3.63, 3.8) is 0 Å². The normalized spacial score (nSPS) is 31.0. The van der Waals surface area contributed by atoms with Gasteiger partial charge in [-0.2, -0.15) is 0 Å². The first-order valence-corrected chi connectivity index (χ1v) is 6.05. The van der Waals surface area contributed by atoms with Gasteiger partial charge in [-0.25, -0.2) is 0 Å². The van der Waals surface area contributed by atoms with Crippen LogP contribution in [0.4, 0.5) is 0 Å². The van der Waals surface area contributed by atoms with Crippen LogP contribution < -0.4 is 0 Å². The third-order valence-corrected chi connectivity index (χ3v) is 3.58. The number of halogens is 1. The number of hydrogen-bond acceptors (Lipinski definition) is 2. The van der Waals surface area contributed by atoms with Crippen molar-refractivity contribution in [1.82, 2.24) is 4.90 Å². The molecule has 0 bridgehead atoms. The molecule has 2 fully saturated rings. The molecule has 0 aromatic heterocycles. The third kappa shape index (κ3) is 2.11. The van der Waals surface area contributed by atoms with Crippen molar-refractivity contribution in [2.45, 2.75) is 24.6 Å². The monoisotopic (exact) mass is 261 g/mol. The molecule has 0 spiro atoms. The maximum Gasteiger partial charge on any atom is 0.228 e. The summed E-state index contributed by atoms with van der Waals surface area (Å²) in [7, 11) is 0. The molecule has 3 nitrogen and oxygen atoms in total. The lowest BCUT2D eigenvalue weighted by Crippen LogP contribution is -2.40. The lowest BCUT2D eigenvalue weighted by Gasteiger charge is -2.24. The van der Waals surface area contributed by atoms with Gasteiger partial charge < -0.3 is 9.64 Å². The molecule has 1 saturated carbocycles. The SMILES string of the molecule is CC1(C(=O)N2CCOCC(Br)C2)CC1. The largest absolute Gasteiger partial charge is 0.378 e. The fourth-order valence-corrected chi connectivity index (χ4v) is 2.27. The van der Waals surface area contributed by atoms with E-state index in [0.717, 1.165) is 25.9 Å². The highest BCUT2D eigenvalue weighted by Gasteiger charge is 2.47. The number of rotatable bonds is 1. The van der Waals surface area contributed by atoms with Crippen molar-refractivity contribution in [1.29, 1.82) is 0 Å². The summed E-state index contributed by atoms with van der Waals surface area (Å²) in [5.74, 6) is 0.312. The summed E-state index contributed by atoms with van der Waals surface area (Å²) >= 11 is 3.52. The standard InChI is InChI=1S/C10H16BrNO2/c1-10(2-3-10)9(13)12-4-5-14-7-8(11)6-12/h8H,2-7H2,1H3. The molecule has 0 radical (unpaired) electrons. The maximum absolute atomic E-state index is 12.0. The fraction of sp³-hybridized carbons (Fsp3) is 0.900. The van der Waals surface area contributed by atoms with E-state index < -0.39 is 0 Å². The predicted molar refractivity (Wildman–Crippen MR) is 57.5 cm³/mol. The molecular formula is C10H16BrNO2. The molecule has 0 aromatic carbocycles. The van der Waals surface area contributed by atoms with Gasteiger partial charge in [0.05, 0.1) is 18.0 Å². The van der Waals surface area contributed by atoms with Crippen LogP contribution in [-0.4, -0.2) is 41.9 Å². The van der Waals surface area contributed by atoms with Crippen LogP contribution in [-0.2, 0) is 9.53 Å². The Hall–Kier alpha value is -0.0900. The van der Waals surface area contributed by atoms with Gasteiger partial charge >= 0.3 is 0 Å². The molecule has 1 unspecified atom stereocenters. The highest BCUT2D eigenvalue weighted by atomic mass is 79.9. The first-order chi connectivity index (χ1) is 6.62. The van der Waals surface area contributed by atoms with Crippen LogP contribution in [0.25, 0.3) is 0 Å². The molecule has 1 aliphatic heterocycles. The number of ether oxygens (including phenoxy) is 1. The summed E-state index contributed by atoms with van der Waals surface area (Å²) in [5, 5.41) is 0. The van der Waals surface area contributed by atoms with Crippen molar-refractivity contribution in [3.05, 3.63) is 0 Å². The number of carbonyl (C=O) groups excluding carboxylic acids is 1. The molecule has 1 atom stereocenters. The Labute approximate surface area is 92.9 Å². The van der Waals surface area contributed by atoms with E-state index in [4.69, 9.17) is 4.74 Å². The van der Waals surface area contributed by atoms with Crippen molar-refractivity contribution < 1.29 is 9.53 Å². The van der Waals surface area contributed by atoms with Crippen LogP contribution in [0.3, 0.4) is 0 Å². The molecular weight excluding hydrogens is 246 g/mol. The number of nitrogens with zero attached hydrogens (tertiary/aromatic N) is 1. The molecule has 0 aromatic rings. The zero-order valence-corrected chi connectivity index (χ0v) is 10.0. The molecule has 14 heavy (non-hydrogen) atoms. The molecule has 80 valence electrons. The van der Waals surface area contributed by atoms with E-state index in [9.17, 15) is 4.79 Å². The highest BCUT2D eigenvalue weighted by Crippen LogP contribution is 2.46. The van der Waals surface area contributed by atoms with Crippen LogP contribution in [0.1, 0.15) is 19.8 Å². The van der Waals surface area contributed by atoms with E-state index in [1.54, 1.807) is 0 Å². The number of amides is 1. The van der Waals surface area contributed by atoms with Crippen LogP contribution in [0.15, 0.2) is 0 Å². The van der Waals surface area contributed by atoms with Crippen LogP contribution in [0.5, 0.6) is 0 Å². The van der Waals surface area contributed by atoms with Gasteiger partial charge in [0.15, 0.2) is 0 Å². The minimum atomic E-state index is -0.0446. The zero-order chi connectivity index (χ0) is 10.2. The lowest BCUT2D eigenvalue weighted by atomic mass is 10.1. The zero-order valence-electron chi connectivity index (χ0n) is 8.46. The van der Waals surface area contributed by atoms with Crippen LogP contribution in [0, 0.1) is 5.41 Å². The number of hydrogen-bond donors (Lipinski definition) is 0. The molecule has 0 N–H and O–H groups in total. The smallest absolute Gasteiger partial charge is 0.228 e. The lowest BCUT2D eigenvalue weighted by molar-refractivity contribution is -0.136. The average molecular weight is 262 g/mol. The molecule has 4 heteroatoms. The van der Waals surface area contributed by atoms with E-state index in [-0.39, 0.29) is 10.2 Å². The summed E-state index contributed by atoms with van der Waals surface area (Å²) in [6.07, 6.45) is 2.10. The average Bonchev–Trinajstić information content (AvgIpc) is 2.91. The van der Waals surface area contributed by atoms with Gasteiger partial charge in [0.2, 0.25) is 5.91 Å². The topological polar surface area (TPSA) is 29.5 Å². The second-order valence-corrected chi connectivity index (χ2v) is 5.78. The van der Waals surface area contributed by atoms with Gasteiger partial charge in [0.25, 0.3) is 0 Å². The molecule has 2 aliphatic rings. The Bertz CT molecular complexity index is 240. The fourth-order valence-electron chi connectivity index (χ4n) is 1.74. The maximum atomic E-state index is 12.0. The Balaban J connectivity index is 1.98.